The Morgan fingerprint density at radius 2 is 1.81 bits per heavy atom. The molecule has 3 fully saturated rings. The summed E-state index contributed by atoms with van der Waals surface area (Å²) in [5.41, 5.74) is 0. The van der Waals surface area contributed by atoms with Crippen LogP contribution in [0.25, 0.3) is 0 Å². The second-order valence-electron chi connectivity index (χ2n) is 6.67. The van der Waals surface area contributed by atoms with Gasteiger partial charge in [0.15, 0.2) is 0 Å². The van der Waals surface area contributed by atoms with Crippen LogP contribution in [-0.4, -0.2) is 47.0 Å². The van der Waals surface area contributed by atoms with Gasteiger partial charge in [-0.25, -0.2) is 9.97 Å². The van der Waals surface area contributed by atoms with Crippen LogP contribution in [0.1, 0.15) is 25.7 Å². The van der Waals surface area contributed by atoms with Gasteiger partial charge in [-0.15, -0.1) is 0 Å². The largest absolute Gasteiger partial charge is 0.342 e. The van der Waals surface area contributed by atoms with E-state index in [0.717, 1.165) is 51.4 Å². The number of likely N-dealkylation sites (tertiary alicyclic amines) is 1. The molecule has 1 aliphatic carbocycles. The van der Waals surface area contributed by atoms with E-state index >= 15 is 0 Å². The lowest BCUT2D eigenvalue weighted by Crippen LogP contribution is -2.41. The molecule has 3 aliphatic rings. The fourth-order valence-electron chi connectivity index (χ4n) is 3.90. The average Bonchev–Trinajstić information content (AvgIpc) is 2.89. The highest BCUT2D eigenvalue weighted by Gasteiger charge is 2.41. The maximum Gasteiger partial charge on any atom is 0.225 e. The van der Waals surface area contributed by atoms with Crippen LogP contribution in [0.4, 0.5) is 5.95 Å². The fraction of sp³-hybridized carbons (Fsp3) is 0.688. The third kappa shape index (κ3) is 2.39. The van der Waals surface area contributed by atoms with E-state index in [0.29, 0.717) is 23.7 Å². The molecule has 1 amide bonds. The van der Waals surface area contributed by atoms with Gasteiger partial charge in [-0.2, -0.15) is 0 Å². The summed E-state index contributed by atoms with van der Waals surface area (Å²) in [6.45, 7) is 3.91. The fourth-order valence-corrected chi connectivity index (χ4v) is 3.90. The lowest BCUT2D eigenvalue weighted by atomic mass is 9.84. The highest BCUT2D eigenvalue weighted by atomic mass is 16.2. The minimum absolute atomic E-state index is 0.332. The van der Waals surface area contributed by atoms with Crippen molar-refractivity contribution >= 4 is 11.9 Å². The number of nitrogens with zero attached hydrogens (tertiary/aromatic N) is 4. The van der Waals surface area contributed by atoms with Gasteiger partial charge in [0.1, 0.15) is 0 Å². The van der Waals surface area contributed by atoms with Gasteiger partial charge in [0, 0.05) is 44.5 Å². The standard InChI is InChI=1S/C16H22N4O/c21-15(12-3-1-4-12)20-9-13-5-8-19(10-14(13)11-20)16-17-6-2-7-18-16/h2,6-7,12-14H,1,3-5,8-11H2/t13-,14+/m1/s1. The van der Waals surface area contributed by atoms with Gasteiger partial charge in [-0.3, -0.25) is 4.79 Å². The number of hydrogen-bond donors (Lipinski definition) is 0. The molecule has 1 saturated carbocycles. The summed E-state index contributed by atoms with van der Waals surface area (Å²) in [7, 11) is 0. The molecule has 5 heteroatoms. The smallest absolute Gasteiger partial charge is 0.225 e. The first-order valence-electron chi connectivity index (χ1n) is 8.12. The molecule has 3 heterocycles. The van der Waals surface area contributed by atoms with Crippen molar-refractivity contribution in [1.82, 2.24) is 14.9 Å². The third-order valence-electron chi connectivity index (χ3n) is 5.40. The molecule has 0 unspecified atom stereocenters. The van der Waals surface area contributed by atoms with E-state index in [4.69, 9.17) is 0 Å². The molecule has 4 rings (SSSR count). The Kier molecular flexibility index (Phi) is 3.28. The number of amides is 1. The van der Waals surface area contributed by atoms with Gasteiger partial charge >= 0.3 is 0 Å². The molecule has 1 aromatic heterocycles. The maximum atomic E-state index is 12.4. The normalized spacial score (nSPS) is 29.1. The molecule has 0 aromatic carbocycles. The molecule has 0 N–H and O–H groups in total. The predicted octanol–water partition coefficient (Wildman–Crippen LogP) is 1.56. The molecular formula is C16H22N4O. The maximum absolute atomic E-state index is 12.4. The van der Waals surface area contributed by atoms with Crippen LogP contribution in [0, 0.1) is 17.8 Å². The van der Waals surface area contributed by atoms with E-state index in [2.05, 4.69) is 19.8 Å². The Morgan fingerprint density at radius 3 is 2.52 bits per heavy atom. The number of carbonyl (C=O) groups is 1. The SMILES string of the molecule is O=C(C1CCC1)N1C[C@H]2CCN(c3ncccn3)C[C@H]2C1. The van der Waals surface area contributed by atoms with E-state index < -0.39 is 0 Å². The third-order valence-corrected chi connectivity index (χ3v) is 5.40. The Hall–Kier alpha value is -1.65. The summed E-state index contributed by atoms with van der Waals surface area (Å²) in [5, 5.41) is 0. The van der Waals surface area contributed by atoms with Gasteiger partial charge < -0.3 is 9.80 Å². The van der Waals surface area contributed by atoms with E-state index in [1.165, 1.54) is 6.42 Å². The van der Waals surface area contributed by atoms with E-state index in [1.54, 1.807) is 12.4 Å². The van der Waals surface area contributed by atoms with Crippen LogP contribution < -0.4 is 4.90 Å². The second kappa shape index (κ2) is 5.28. The van der Waals surface area contributed by atoms with Crippen molar-refractivity contribution in [2.75, 3.05) is 31.1 Å². The number of rotatable bonds is 2. The Labute approximate surface area is 125 Å². The molecule has 5 nitrogen and oxygen atoms in total. The predicted molar refractivity (Wildman–Crippen MR) is 79.8 cm³/mol. The van der Waals surface area contributed by atoms with E-state index in [9.17, 15) is 4.79 Å². The molecule has 2 saturated heterocycles. The minimum atomic E-state index is 0.332. The summed E-state index contributed by atoms with van der Waals surface area (Å²) in [4.78, 5) is 25.5. The van der Waals surface area contributed by atoms with Crippen molar-refractivity contribution < 1.29 is 4.79 Å². The zero-order valence-electron chi connectivity index (χ0n) is 12.3. The van der Waals surface area contributed by atoms with Crippen molar-refractivity contribution in [3.8, 4) is 0 Å². The van der Waals surface area contributed by atoms with Crippen molar-refractivity contribution in [2.45, 2.75) is 25.7 Å². The van der Waals surface area contributed by atoms with Crippen molar-refractivity contribution in [2.24, 2.45) is 17.8 Å². The summed E-state index contributed by atoms with van der Waals surface area (Å²) in [5.74, 6) is 2.84. The Bertz CT molecular complexity index is 516. The van der Waals surface area contributed by atoms with Gasteiger partial charge in [-0.05, 0) is 37.2 Å². The first kappa shape index (κ1) is 13.0. The number of carbonyl (C=O) groups excluding carboxylic acids is 1. The molecule has 0 spiro atoms. The molecule has 2 aliphatic heterocycles. The molecule has 2 atom stereocenters. The minimum Gasteiger partial charge on any atom is -0.342 e. The molecule has 1 aromatic rings. The summed E-state index contributed by atoms with van der Waals surface area (Å²) in [6, 6.07) is 1.85. The van der Waals surface area contributed by atoms with Crippen LogP contribution in [0.2, 0.25) is 0 Å². The monoisotopic (exact) mass is 286 g/mol. The van der Waals surface area contributed by atoms with Crippen LogP contribution >= 0.6 is 0 Å². The van der Waals surface area contributed by atoms with Crippen molar-refractivity contribution in [3.63, 3.8) is 0 Å². The lowest BCUT2D eigenvalue weighted by Gasteiger charge is -2.34. The second-order valence-corrected chi connectivity index (χ2v) is 6.67. The van der Waals surface area contributed by atoms with Gasteiger partial charge in [0.25, 0.3) is 0 Å². The van der Waals surface area contributed by atoms with Crippen LogP contribution in [-0.2, 0) is 4.79 Å². The van der Waals surface area contributed by atoms with Gasteiger partial charge in [0.05, 0.1) is 0 Å². The van der Waals surface area contributed by atoms with Crippen molar-refractivity contribution in [3.05, 3.63) is 18.5 Å². The summed E-state index contributed by atoms with van der Waals surface area (Å²) in [6.07, 6.45) is 8.20. The van der Waals surface area contributed by atoms with Crippen molar-refractivity contribution in [1.29, 1.82) is 0 Å². The molecule has 21 heavy (non-hydrogen) atoms. The number of piperidine rings is 1. The lowest BCUT2D eigenvalue weighted by molar-refractivity contribution is -0.137. The molecule has 112 valence electrons. The average molecular weight is 286 g/mol. The highest BCUT2D eigenvalue weighted by Crippen LogP contribution is 2.35. The topological polar surface area (TPSA) is 49.3 Å². The van der Waals surface area contributed by atoms with E-state index in [-0.39, 0.29) is 0 Å². The van der Waals surface area contributed by atoms with Gasteiger partial charge in [0.2, 0.25) is 11.9 Å². The molecule has 0 radical (unpaired) electrons. The first-order valence-corrected chi connectivity index (χ1v) is 8.12. The molecule has 0 bridgehead atoms. The van der Waals surface area contributed by atoms with Gasteiger partial charge in [-0.1, -0.05) is 6.42 Å². The summed E-state index contributed by atoms with van der Waals surface area (Å²) < 4.78 is 0. The van der Waals surface area contributed by atoms with Crippen LogP contribution in [0.15, 0.2) is 18.5 Å². The molecular weight excluding hydrogens is 264 g/mol. The quantitative estimate of drug-likeness (QED) is 0.828. The number of fused-ring (bicyclic) bond motifs is 1. The zero-order valence-corrected chi connectivity index (χ0v) is 12.3. The van der Waals surface area contributed by atoms with E-state index in [1.807, 2.05) is 6.07 Å². The number of aromatic nitrogens is 2. The number of hydrogen-bond acceptors (Lipinski definition) is 4. The first-order chi connectivity index (χ1) is 10.3. The Morgan fingerprint density at radius 1 is 1.05 bits per heavy atom. The summed E-state index contributed by atoms with van der Waals surface area (Å²) >= 11 is 0. The zero-order chi connectivity index (χ0) is 14.2. The van der Waals surface area contributed by atoms with Crippen LogP contribution in [0.3, 0.4) is 0 Å². The number of anilines is 1. The van der Waals surface area contributed by atoms with Crippen LogP contribution in [0.5, 0.6) is 0 Å². The highest BCUT2D eigenvalue weighted by molar-refractivity contribution is 5.80. The Balaban J connectivity index is 1.41.